The van der Waals surface area contributed by atoms with Gasteiger partial charge in [-0.2, -0.15) is 0 Å². The Morgan fingerprint density at radius 2 is 1.90 bits per heavy atom. The number of rotatable bonds is 8. The summed E-state index contributed by atoms with van der Waals surface area (Å²) in [6.45, 7) is 8.99. The molecule has 0 N–H and O–H groups in total. The topological polar surface area (TPSA) is 83.9 Å². The van der Waals surface area contributed by atoms with Crippen LogP contribution in [0.3, 0.4) is 0 Å². The van der Waals surface area contributed by atoms with Crippen molar-refractivity contribution in [2.45, 2.75) is 19.6 Å². The van der Waals surface area contributed by atoms with Crippen LogP contribution in [0.2, 0.25) is 0 Å². The van der Waals surface area contributed by atoms with Gasteiger partial charge in [-0.15, -0.1) is 0 Å². The number of imidazole rings is 1. The van der Waals surface area contributed by atoms with E-state index in [0.29, 0.717) is 29.2 Å². The highest BCUT2D eigenvalue weighted by Crippen LogP contribution is 2.33. The Kier molecular flexibility index (Phi) is 6.36. The molecule has 0 bridgehead atoms. The van der Waals surface area contributed by atoms with Crippen LogP contribution in [-0.4, -0.2) is 43.3 Å². The molecule has 0 radical (unpaired) electrons. The molecule has 0 unspecified atom stereocenters. The zero-order valence-corrected chi connectivity index (χ0v) is 18.1. The lowest BCUT2D eigenvalue weighted by atomic mass is 10.1. The normalized spacial score (nSPS) is 12.5. The first-order valence-electron chi connectivity index (χ1n) is 9.42. The minimum Gasteiger partial charge on any atom is -0.493 e. The SMILES string of the molecule is [C-]#[N+]Cn1c(=O)n([C@H](CS(C)(=O)=O)c2ccc(OC)c(OCC)c2)c2ccc(F)cc21. The van der Waals surface area contributed by atoms with Gasteiger partial charge in [-0.25, -0.2) is 28.7 Å². The smallest absolute Gasteiger partial charge is 0.335 e. The van der Waals surface area contributed by atoms with Crippen molar-refractivity contribution in [1.82, 2.24) is 9.13 Å². The Bertz CT molecular complexity index is 1320. The Morgan fingerprint density at radius 1 is 1.16 bits per heavy atom. The molecule has 0 aliphatic rings. The van der Waals surface area contributed by atoms with Crippen LogP contribution in [0.15, 0.2) is 41.2 Å². The summed E-state index contributed by atoms with van der Waals surface area (Å²) in [6, 6.07) is 7.77. The molecule has 0 spiro atoms. The number of hydrogen-bond acceptors (Lipinski definition) is 5. The quantitative estimate of drug-likeness (QED) is 0.496. The number of fused-ring (bicyclic) bond motifs is 1. The average molecular weight is 447 g/mol. The van der Waals surface area contributed by atoms with Crippen molar-refractivity contribution in [1.29, 1.82) is 0 Å². The van der Waals surface area contributed by atoms with E-state index in [2.05, 4.69) is 4.85 Å². The van der Waals surface area contributed by atoms with Gasteiger partial charge in [0.15, 0.2) is 11.5 Å². The van der Waals surface area contributed by atoms with Crippen LogP contribution in [0.25, 0.3) is 15.9 Å². The third-order valence-electron chi connectivity index (χ3n) is 4.78. The van der Waals surface area contributed by atoms with Crippen molar-refractivity contribution in [3.8, 4) is 11.5 Å². The molecule has 1 atom stereocenters. The number of benzene rings is 2. The molecular formula is C21H22FN3O5S. The Balaban J connectivity index is 2.32. The minimum atomic E-state index is -3.53. The van der Waals surface area contributed by atoms with Gasteiger partial charge in [0.05, 0.1) is 36.5 Å². The van der Waals surface area contributed by atoms with Crippen molar-refractivity contribution in [2.24, 2.45) is 0 Å². The molecule has 0 amide bonds. The van der Waals surface area contributed by atoms with E-state index in [-0.39, 0.29) is 17.9 Å². The van der Waals surface area contributed by atoms with Crippen molar-refractivity contribution in [3.63, 3.8) is 0 Å². The van der Waals surface area contributed by atoms with E-state index in [9.17, 15) is 17.6 Å². The predicted molar refractivity (Wildman–Crippen MR) is 115 cm³/mol. The molecule has 1 aromatic heterocycles. The van der Waals surface area contributed by atoms with Gasteiger partial charge in [0.1, 0.15) is 15.7 Å². The van der Waals surface area contributed by atoms with Crippen LogP contribution in [-0.2, 0) is 16.5 Å². The summed E-state index contributed by atoms with van der Waals surface area (Å²) in [5.41, 5.74) is 0.456. The third kappa shape index (κ3) is 4.56. The molecule has 3 aromatic rings. The van der Waals surface area contributed by atoms with Crippen molar-refractivity contribution in [2.75, 3.05) is 25.7 Å². The molecular weight excluding hydrogens is 425 g/mol. The summed E-state index contributed by atoms with van der Waals surface area (Å²) in [7, 11) is -2.04. The van der Waals surface area contributed by atoms with Crippen LogP contribution in [0, 0.1) is 12.4 Å². The second-order valence-electron chi connectivity index (χ2n) is 6.96. The Morgan fingerprint density at radius 3 is 2.52 bits per heavy atom. The van der Waals surface area contributed by atoms with Crippen molar-refractivity contribution < 1.29 is 22.3 Å². The first kappa shape index (κ1) is 22.4. The fraction of sp³-hybridized carbons (Fsp3) is 0.333. The summed E-state index contributed by atoms with van der Waals surface area (Å²) >= 11 is 0. The van der Waals surface area contributed by atoms with E-state index in [1.165, 1.54) is 23.8 Å². The second-order valence-corrected chi connectivity index (χ2v) is 9.15. The Labute approximate surface area is 179 Å². The van der Waals surface area contributed by atoms with E-state index >= 15 is 0 Å². The standard InChI is InChI=1S/C21H22FN3O5S/c1-5-30-20-10-14(6-9-19(20)29-3)18(12-31(4,27)28)25-16-8-7-15(22)11-17(16)24(13-23-2)21(25)26/h6-11,18H,5,12-13H2,1,3-4H3/t18-/m1/s1. The summed E-state index contributed by atoms with van der Waals surface area (Å²) in [4.78, 5) is 16.5. The molecule has 1 heterocycles. The molecule has 164 valence electrons. The van der Waals surface area contributed by atoms with Gasteiger partial charge in [-0.05, 0) is 36.8 Å². The van der Waals surface area contributed by atoms with Crippen LogP contribution >= 0.6 is 0 Å². The number of sulfone groups is 1. The highest BCUT2D eigenvalue weighted by atomic mass is 32.2. The maximum absolute atomic E-state index is 13.9. The summed E-state index contributed by atoms with van der Waals surface area (Å²) in [6.07, 6.45) is 1.08. The van der Waals surface area contributed by atoms with E-state index in [1.54, 1.807) is 25.1 Å². The molecule has 3 rings (SSSR count). The third-order valence-corrected chi connectivity index (χ3v) is 5.70. The molecule has 0 fully saturated rings. The molecule has 0 aliphatic carbocycles. The maximum Gasteiger partial charge on any atom is 0.335 e. The largest absolute Gasteiger partial charge is 0.493 e. The van der Waals surface area contributed by atoms with Gasteiger partial charge < -0.3 is 9.47 Å². The van der Waals surface area contributed by atoms with E-state index in [1.807, 2.05) is 0 Å². The van der Waals surface area contributed by atoms with E-state index < -0.39 is 27.4 Å². The summed E-state index contributed by atoms with van der Waals surface area (Å²) in [5.74, 6) is -0.0658. The zero-order chi connectivity index (χ0) is 22.8. The van der Waals surface area contributed by atoms with Gasteiger partial charge in [0.25, 0.3) is 6.67 Å². The van der Waals surface area contributed by atoms with Gasteiger partial charge in [0, 0.05) is 12.3 Å². The number of halogens is 1. The fourth-order valence-electron chi connectivity index (χ4n) is 3.54. The number of ether oxygens (including phenoxy) is 2. The highest BCUT2D eigenvalue weighted by molar-refractivity contribution is 7.90. The number of methoxy groups -OCH3 is 1. The number of hydrogen-bond donors (Lipinski definition) is 0. The van der Waals surface area contributed by atoms with Crippen LogP contribution < -0.4 is 15.2 Å². The van der Waals surface area contributed by atoms with Gasteiger partial charge >= 0.3 is 5.69 Å². The van der Waals surface area contributed by atoms with Gasteiger partial charge in [0.2, 0.25) is 0 Å². The minimum absolute atomic E-state index is 0.220. The van der Waals surface area contributed by atoms with E-state index in [0.717, 1.165) is 16.9 Å². The molecule has 31 heavy (non-hydrogen) atoms. The van der Waals surface area contributed by atoms with E-state index in [4.69, 9.17) is 16.0 Å². The van der Waals surface area contributed by atoms with Gasteiger partial charge in [-0.1, -0.05) is 6.07 Å². The highest BCUT2D eigenvalue weighted by Gasteiger charge is 2.27. The van der Waals surface area contributed by atoms with Crippen molar-refractivity contribution in [3.05, 3.63) is 69.7 Å². The number of nitrogens with zero attached hydrogens (tertiary/aromatic N) is 3. The average Bonchev–Trinajstić information content (AvgIpc) is 2.97. The molecule has 0 saturated heterocycles. The molecule has 0 aliphatic heterocycles. The lowest BCUT2D eigenvalue weighted by molar-refractivity contribution is 0.310. The lowest BCUT2D eigenvalue weighted by Crippen LogP contribution is -2.31. The van der Waals surface area contributed by atoms with Gasteiger partial charge in [-0.3, -0.25) is 9.41 Å². The first-order chi connectivity index (χ1) is 14.7. The number of aromatic nitrogens is 2. The summed E-state index contributed by atoms with van der Waals surface area (Å²) < 4.78 is 51.7. The monoisotopic (exact) mass is 447 g/mol. The zero-order valence-electron chi connectivity index (χ0n) is 17.3. The van der Waals surface area contributed by atoms with Crippen molar-refractivity contribution >= 4 is 20.9 Å². The fourth-order valence-corrected chi connectivity index (χ4v) is 4.45. The molecule has 10 heteroatoms. The predicted octanol–water partition coefficient (Wildman–Crippen LogP) is 2.86. The first-order valence-corrected chi connectivity index (χ1v) is 11.5. The Hall–Kier alpha value is -3.32. The lowest BCUT2D eigenvalue weighted by Gasteiger charge is -2.20. The van der Waals surface area contributed by atoms with Crippen LogP contribution in [0.4, 0.5) is 4.39 Å². The second kappa shape index (κ2) is 8.81. The maximum atomic E-state index is 13.9. The van der Waals surface area contributed by atoms with Crippen LogP contribution in [0.1, 0.15) is 18.5 Å². The summed E-state index contributed by atoms with van der Waals surface area (Å²) in [5, 5.41) is 0. The van der Waals surface area contributed by atoms with Crippen LogP contribution in [0.5, 0.6) is 11.5 Å². The molecule has 8 nitrogen and oxygen atoms in total. The molecule has 2 aromatic carbocycles. The molecule has 0 saturated carbocycles.